The van der Waals surface area contributed by atoms with Gasteiger partial charge in [-0.15, -0.1) is 0 Å². The van der Waals surface area contributed by atoms with Gasteiger partial charge in [-0.05, 0) is 48.9 Å². The quantitative estimate of drug-likeness (QED) is 0.477. The molecule has 0 aliphatic rings. The van der Waals surface area contributed by atoms with Gasteiger partial charge in [0.15, 0.2) is 11.5 Å². The molecule has 0 saturated carbocycles. The highest BCUT2D eigenvalue weighted by molar-refractivity contribution is 6.32. The molecule has 0 aliphatic heterocycles. The van der Waals surface area contributed by atoms with Gasteiger partial charge < -0.3 is 14.0 Å². The van der Waals surface area contributed by atoms with Crippen LogP contribution in [0, 0.1) is 0 Å². The fraction of sp³-hybridized carbons (Fsp3) is 0.143. The van der Waals surface area contributed by atoms with E-state index in [4.69, 9.17) is 21.1 Å². The summed E-state index contributed by atoms with van der Waals surface area (Å²) in [7, 11) is 1.53. The molecular formula is C21H20ClN3O3. The molecule has 0 bridgehead atoms. The standard InChI is InChI=1S/C21H20ClN3O3/c1-3-28-19-13-15(12-17(22)20(19)27-2)14-23-24-21(26)16-8-4-5-9-18(16)25-10-6-7-11-25/h4-14H,3H2,1-2H3,(H,24,26)/b23-14-. The zero-order valence-electron chi connectivity index (χ0n) is 15.6. The van der Waals surface area contributed by atoms with Crippen LogP contribution in [0.1, 0.15) is 22.8 Å². The third kappa shape index (κ3) is 4.35. The Morgan fingerprint density at radius 1 is 1.21 bits per heavy atom. The van der Waals surface area contributed by atoms with Gasteiger partial charge in [-0.25, -0.2) is 5.43 Å². The van der Waals surface area contributed by atoms with Crippen molar-refractivity contribution >= 4 is 23.7 Å². The molecular weight excluding hydrogens is 378 g/mol. The lowest BCUT2D eigenvalue weighted by atomic mass is 10.1. The minimum Gasteiger partial charge on any atom is -0.491 e. The number of nitrogens with zero attached hydrogens (tertiary/aromatic N) is 2. The van der Waals surface area contributed by atoms with Gasteiger partial charge in [-0.1, -0.05) is 23.7 Å². The molecule has 28 heavy (non-hydrogen) atoms. The molecule has 1 aromatic heterocycles. The maximum atomic E-state index is 12.6. The molecule has 0 radical (unpaired) electrons. The summed E-state index contributed by atoms with van der Waals surface area (Å²) in [6.07, 6.45) is 5.26. The molecule has 0 spiro atoms. The van der Waals surface area contributed by atoms with Crippen LogP contribution in [-0.4, -0.2) is 30.4 Å². The number of ether oxygens (including phenoxy) is 2. The molecule has 1 N–H and O–H groups in total. The molecule has 0 fully saturated rings. The van der Waals surface area contributed by atoms with Crippen LogP contribution >= 0.6 is 11.6 Å². The molecule has 1 heterocycles. The SMILES string of the molecule is CCOc1cc(/C=N\NC(=O)c2ccccc2-n2cccc2)cc(Cl)c1OC. The first kappa shape index (κ1) is 19.5. The van der Waals surface area contributed by atoms with Gasteiger partial charge >= 0.3 is 0 Å². The number of rotatable bonds is 7. The van der Waals surface area contributed by atoms with E-state index < -0.39 is 0 Å². The van der Waals surface area contributed by atoms with E-state index >= 15 is 0 Å². The van der Waals surface area contributed by atoms with Crippen molar-refractivity contribution in [3.8, 4) is 17.2 Å². The number of benzene rings is 2. The van der Waals surface area contributed by atoms with Crippen LogP contribution in [0.25, 0.3) is 5.69 Å². The molecule has 0 atom stereocenters. The second-order valence-corrected chi connectivity index (χ2v) is 6.18. The van der Waals surface area contributed by atoms with Crippen LogP contribution in [0.4, 0.5) is 0 Å². The maximum absolute atomic E-state index is 12.6. The Morgan fingerprint density at radius 2 is 1.96 bits per heavy atom. The Balaban J connectivity index is 1.78. The highest BCUT2D eigenvalue weighted by Gasteiger charge is 2.12. The van der Waals surface area contributed by atoms with Crippen molar-refractivity contribution in [2.45, 2.75) is 6.92 Å². The van der Waals surface area contributed by atoms with Gasteiger partial charge in [-0.3, -0.25) is 4.79 Å². The molecule has 1 amide bonds. The van der Waals surface area contributed by atoms with E-state index in [0.29, 0.717) is 34.3 Å². The van der Waals surface area contributed by atoms with Gasteiger partial charge in [0.2, 0.25) is 0 Å². The summed E-state index contributed by atoms with van der Waals surface area (Å²) in [6.45, 7) is 2.34. The lowest BCUT2D eigenvalue weighted by Gasteiger charge is -2.11. The summed E-state index contributed by atoms with van der Waals surface area (Å²) >= 11 is 6.23. The van der Waals surface area contributed by atoms with E-state index in [1.54, 1.807) is 18.2 Å². The first-order chi connectivity index (χ1) is 13.6. The van der Waals surface area contributed by atoms with Crippen molar-refractivity contribution < 1.29 is 14.3 Å². The molecule has 0 saturated heterocycles. The first-order valence-electron chi connectivity index (χ1n) is 8.70. The van der Waals surface area contributed by atoms with Gasteiger partial charge in [0.25, 0.3) is 5.91 Å². The molecule has 7 heteroatoms. The van der Waals surface area contributed by atoms with E-state index in [9.17, 15) is 4.79 Å². The number of methoxy groups -OCH3 is 1. The fourth-order valence-corrected chi connectivity index (χ4v) is 3.03. The van der Waals surface area contributed by atoms with E-state index in [1.165, 1.54) is 13.3 Å². The third-order valence-corrected chi connectivity index (χ3v) is 4.23. The largest absolute Gasteiger partial charge is 0.491 e. The van der Waals surface area contributed by atoms with Crippen LogP contribution in [0.15, 0.2) is 66.0 Å². The molecule has 3 rings (SSSR count). The number of para-hydroxylation sites is 1. The van der Waals surface area contributed by atoms with Gasteiger partial charge in [-0.2, -0.15) is 5.10 Å². The second kappa shape index (κ2) is 9.10. The van der Waals surface area contributed by atoms with Gasteiger partial charge in [0.05, 0.1) is 36.2 Å². The van der Waals surface area contributed by atoms with Crippen molar-refractivity contribution in [1.29, 1.82) is 0 Å². The van der Waals surface area contributed by atoms with Crippen LogP contribution in [-0.2, 0) is 0 Å². The molecule has 144 valence electrons. The number of carbonyl (C=O) groups excluding carboxylic acids is 1. The zero-order valence-corrected chi connectivity index (χ0v) is 16.3. The fourth-order valence-electron chi connectivity index (χ4n) is 2.74. The van der Waals surface area contributed by atoms with Crippen LogP contribution in [0.2, 0.25) is 5.02 Å². The molecule has 6 nitrogen and oxygen atoms in total. The summed E-state index contributed by atoms with van der Waals surface area (Å²) in [6, 6.07) is 14.5. The highest BCUT2D eigenvalue weighted by Crippen LogP contribution is 2.35. The average molecular weight is 398 g/mol. The Labute approximate surface area is 168 Å². The number of hydrogen-bond donors (Lipinski definition) is 1. The van der Waals surface area contributed by atoms with Crippen molar-refractivity contribution in [1.82, 2.24) is 9.99 Å². The van der Waals surface area contributed by atoms with E-state index in [-0.39, 0.29) is 5.91 Å². The molecule has 0 unspecified atom stereocenters. The van der Waals surface area contributed by atoms with Crippen LogP contribution < -0.4 is 14.9 Å². The smallest absolute Gasteiger partial charge is 0.273 e. The van der Waals surface area contributed by atoms with Gasteiger partial charge in [0, 0.05) is 12.4 Å². The number of carbonyl (C=O) groups is 1. The summed E-state index contributed by atoms with van der Waals surface area (Å²) in [5.41, 5.74) is 4.51. The predicted molar refractivity (Wildman–Crippen MR) is 110 cm³/mol. The van der Waals surface area contributed by atoms with E-state index in [0.717, 1.165) is 5.69 Å². The van der Waals surface area contributed by atoms with Crippen molar-refractivity contribution in [2.75, 3.05) is 13.7 Å². The second-order valence-electron chi connectivity index (χ2n) is 5.77. The predicted octanol–water partition coefficient (Wildman–Crippen LogP) is 4.30. The summed E-state index contributed by atoms with van der Waals surface area (Å²) < 4.78 is 12.7. The topological polar surface area (TPSA) is 64.8 Å². The van der Waals surface area contributed by atoms with E-state index in [1.807, 2.05) is 54.2 Å². The Hall–Kier alpha value is -3.25. The number of nitrogens with one attached hydrogen (secondary N) is 1. The normalized spacial score (nSPS) is 10.8. The lowest BCUT2D eigenvalue weighted by Crippen LogP contribution is -2.19. The molecule has 3 aromatic rings. The summed E-state index contributed by atoms with van der Waals surface area (Å²) in [4.78, 5) is 12.6. The minimum atomic E-state index is -0.315. The number of amides is 1. The average Bonchev–Trinajstić information content (AvgIpc) is 3.23. The van der Waals surface area contributed by atoms with Crippen LogP contribution in [0.5, 0.6) is 11.5 Å². The Morgan fingerprint density at radius 3 is 2.68 bits per heavy atom. The number of aromatic nitrogens is 1. The van der Waals surface area contributed by atoms with Gasteiger partial charge in [0.1, 0.15) is 0 Å². The monoisotopic (exact) mass is 397 g/mol. The minimum absolute atomic E-state index is 0.315. The van der Waals surface area contributed by atoms with E-state index in [2.05, 4.69) is 10.5 Å². The third-order valence-electron chi connectivity index (χ3n) is 3.95. The summed E-state index contributed by atoms with van der Waals surface area (Å²) in [5, 5.41) is 4.45. The first-order valence-corrected chi connectivity index (χ1v) is 9.08. The van der Waals surface area contributed by atoms with Crippen molar-refractivity contribution in [2.24, 2.45) is 5.10 Å². The Kier molecular flexibility index (Phi) is 6.34. The van der Waals surface area contributed by atoms with Crippen molar-refractivity contribution in [3.05, 3.63) is 77.1 Å². The molecule has 2 aromatic carbocycles. The van der Waals surface area contributed by atoms with Crippen molar-refractivity contribution in [3.63, 3.8) is 0 Å². The zero-order chi connectivity index (χ0) is 19.9. The maximum Gasteiger partial charge on any atom is 0.273 e. The molecule has 0 aliphatic carbocycles. The number of hydrogen-bond acceptors (Lipinski definition) is 4. The van der Waals surface area contributed by atoms with Crippen LogP contribution in [0.3, 0.4) is 0 Å². The Bertz CT molecular complexity index is 985. The highest BCUT2D eigenvalue weighted by atomic mass is 35.5. The number of hydrazone groups is 1. The summed E-state index contributed by atoms with van der Waals surface area (Å²) in [5.74, 6) is 0.666. The number of halogens is 1. The lowest BCUT2D eigenvalue weighted by molar-refractivity contribution is 0.0955.